The molecule has 1 N–H and O–H groups in total. The molecule has 1 aromatic carbocycles. The van der Waals surface area contributed by atoms with Crippen LogP contribution in [0.15, 0.2) is 28.8 Å². The molecule has 2 heterocycles. The van der Waals surface area contributed by atoms with Gasteiger partial charge >= 0.3 is 0 Å². The van der Waals surface area contributed by atoms with E-state index in [0.29, 0.717) is 36.6 Å². The fourth-order valence-electron chi connectivity index (χ4n) is 4.06. The summed E-state index contributed by atoms with van der Waals surface area (Å²) in [6.45, 7) is 12.9. The van der Waals surface area contributed by atoms with E-state index in [2.05, 4.69) is 36.1 Å². The molecule has 7 heteroatoms. The van der Waals surface area contributed by atoms with E-state index in [1.807, 2.05) is 38.1 Å². The van der Waals surface area contributed by atoms with Crippen LogP contribution in [0.25, 0.3) is 11.0 Å². The molecule has 0 spiro atoms. The highest BCUT2D eigenvalue weighted by molar-refractivity contribution is 5.83. The van der Waals surface area contributed by atoms with Crippen LogP contribution in [0.1, 0.15) is 34.6 Å². The van der Waals surface area contributed by atoms with E-state index >= 15 is 0 Å². The molecule has 1 aliphatic heterocycles. The van der Waals surface area contributed by atoms with Crippen molar-refractivity contribution in [1.82, 2.24) is 15.4 Å². The highest BCUT2D eigenvalue weighted by Gasteiger charge is 2.59. The van der Waals surface area contributed by atoms with Crippen LogP contribution < -0.4 is 10.1 Å². The molecular weight excluding hydrogens is 370 g/mol. The first kappa shape index (κ1) is 20.2. The summed E-state index contributed by atoms with van der Waals surface area (Å²) >= 11 is 0. The third-order valence-electron chi connectivity index (χ3n) is 5.63. The number of aromatic nitrogens is 1. The number of amides is 1. The van der Waals surface area contributed by atoms with Crippen LogP contribution in [0.2, 0.25) is 0 Å². The Hall–Kier alpha value is -2.12. The number of hydrogen-bond acceptors (Lipinski definition) is 6. The quantitative estimate of drug-likeness (QED) is 0.768. The van der Waals surface area contributed by atoms with Crippen molar-refractivity contribution >= 4 is 16.9 Å². The molecule has 0 radical (unpaired) electrons. The maximum absolute atomic E-state index is 12.8. The predicted molar refractivity (Wildman–Crippen MR) is 109 cm³/mol. The standard InChI is InChI=1S/C22H31N3O4/c1-21(2,3)28-13-25-10-15-16(11-25)18(15)19(26)23-22(4,5)12-27-20-14-8-6-7-9-17(14)29-24-20/h6-9,15-16,18H,10-13H2,1-5H3,(H,23,26). The third kappa shape index (κ3) is 4.56. The molecule has 29 heavy (non-hydrogen) atoms. The molecular formula is C22H31N3O4. The number of nitrogens with zero attached hydrogens (tertiary/aromatic N) is 2. The summed E-state index contributed by atoms with van der Waals surface area (Å²) in [5.41, 5.74) is 0.0568. The highest BCUT2D eigenvalue weighted by atomic mass is 16.5. The summed E-state index contributed by atoms with van der Waals surface area (Å²) < 4.78 is 17.0. The van der Waals surface area contributed by atoms with Gasteiger partial charge in [0.25, 0.3) is 5.88 Å². The highest BCUT2D eigenvalue weighted by Crippen LogP contribution is 2.51. The number of benzene rings is 1. The molecule has 7 nitrogen and oxygen atoms in total. The fourth-order valence-corrected chi connectivity index (χ4v) is 4.06. The Morgan fingerprint density at radius 3 is 2.59 bits per heavy atom. The van der Waals surface area contributed by atoms with Gasteiger partial charge in [0, 0.05) is 19.0 Å². The van der Waals surface area contributed by atoms with Gasteiger partial charge in [-0.25, -0.2) is 0 Å². The zero-order valence-electron chi connectivity index (χ0n) is 17.9. The minimum absolute atomic E-state index is 0.105. The molecule has 158 valence electrons. The van der Waals surface area contributed by atoms with E-state index in [1.165, 1.54) is 0 Å². The molecule has 1 saturated heterocycles. The lowest BCUT2D eigenvalue weighted by atomic mass is 10.1. The number of para-hydroxylation sites is 1. The van der Waals surface area contributed by atoms with Crippen molar-refractivity contribution in [3.8, 4) is 5.88 Å². The molecule has 2 fully saturated rings. The molecule has 1 aliphatic carbocycles. The number of fused-ring (bicyclic) bond motifs is 2. The Morgan fingerprint density at radius 2 is 1.90 bits per heavy atom. The maximum atomic E-state index is 12.8. The van der Waals surface area contributed by atoms with Gasteiger partial charge in [-0.3, -0.25) is 9.69 Å². The van der Waals surface area contributed by atoms with Gasteiger partial charge in [0.15, 0.2) is 5.58 Å². The summed E-state index contributed by atoms with van der Waals surface area (Å²) in [6.07, 6.45) is 0. The zero-order chi connectivity index (χ0) is 20.8. The number of rotatable bonds is 7. The first-order valence-electron chi connectivity index (χ1n) is 10.3. The van der Waals surface area contributed by atoms with Crippen molar-refractivity contribution in [2.45, 2.75) is 45.8 Å². The Labute approximate surface area is 171 Å². The van der Waals surface area contributed by atoms with Crippen molar-refractivity contribution in [2.24, 2.45) is 17.8 Å². The van der Waals surface area contributed by atoms with Crippen molar-refractivity contribution < 1.29 is 18.8 Å². The molecule has 2 aliphatic rings. The smallest absolute Gasteiger partial charge is 0.262 e. The Bertz CT molecular complexity index is 874. The van der Waals surface area contributed by atoms with Crippen molar-refractivity contribution in [3.05, 3.63) is 24.3 Å². The van der Waals surface area contributed by atoms with Crippen LogP contribution in [-0.2, 0) is 9.53 Å². The molecule has 1 saturated carbocycles. The monoisotopic (exact) mass is 401 g/mol. The van der Waals surface area contributed by atoms with Crippen LogP contribution >= 0.6 is 0 Å². The Kier molecular flexibility index (Phi) is 5.07. The van der Waals surface area contributed by atoms with E-state index in [1.54, 1.807) is 0 Å². The Balaban J connectivity index is 1.25. The van der Waals surface area contributed by atoms with E-state index in [9.17, 15) is 4.79 Å². The zero-order valence-corrected chi connectivity index (χ0v) is 17.9. The minimum Gasteiger partial charge on any atom is -0.473 e. The molecule has 2 atom stereocenters. The van der Waals surface area contributed by atoms with Gasteiger partial charge in [-0.2, -0.15) is 0 Å². The van der Waals surface area contributed by atoms with Gasteiger partial charge in [-0.15, -0.1) is 0 Å². The van der Waals surface area contributed by atoms with Crippen LogP contribution in [0.3, 0.4) is 0 Å². The van der Waals surface area contributed by atoms with Gasteiger partial charge in [0.1, 0.15) is 6.61 Å². The van der Waals surface area contributed by atoms with Gasteiger partial charge in [-0.1, -0.05) is 12.1 Å². The minimum atomic E-state index is -0.497. The number of piperidine rings is 1. The maximum Gasteiger partial charge on any atom is 0.262 e. The number of nitrogens with one attached hydrogen (secondary N) is 1. The summed E-state index contributed by atoms with van der Waals surface area (Å²) in [7, 11) is 0. The molecule has 0 bridgehead atoms. The number of likely N-dealkylation sites (tertiary alicyclic amines) is 1. The topological polar surface area (TPSA) is 76.8 Å². The molecule has 2 unspecified atom stereocenters. The second-order valence-corrected chi connectivity index (χ2v) is 9.92. The van der Waals surface area contributed by atoms with Crippen LogP contribution in [0.5, 0.6) is 5.88 Å². The summed E-state index contributed by atoms with van der Waals surface area (Å²) in [4.78, 5) is 15.1. The predicted octanol–water partition coefficient (Wildman–Crippen LogP) is 3.05. The lowest BCUT2D eigenvalue weighted by Gasteiger charge is -2.28. The normalized spacial score (nSPS) is 24.5. The second kappa shape index (κ2) is 7.29. The number of carbonyl (C=O) groups excluding carboxylic acids is 1. The average molecular weight is 402 g/mol. The Morgan fingerprint density at radius 1 is 1.21 bits per heavy atom. The first-order valence-corrected chi connectivity index (χ1v) is 10.3. The van der Waals surface area contributed by atoms with Crippen molar-refractivity contribution in [3.63, 3.8) is 0 Å². The van der Waals surface area contributed by atoms with Crippen molar-refractivity contribution in [2.75, 3.05) is 26.4 Å². The number of ether oxygens (including phenoxy) is 2. The van der Waals surface area contributed by atoms with E-state index in [-0.39, 0.29) is 17.4 Å². The number of hydrogen-bond donors (Lipinski definition) is 1. The number of carbonyl (C=O) groups is 1. The SMILES string of the molecule is CC(C)(COc1noc2ccccc12)NC(=O)C1C2CN(COC(C)(C)C)CC21. The summed E-state index contributed by atoms with van der Waals surface area (Å²) in [5, 5.41) is 7.98. The van der Waals surface area contributed by atoms with Crippen LogP contribution in [0.4, 0.5) is 0 Å². The third-order valence-corrected chi connectivity index (χ3v) is 5.63. The van der Waals surface area contributed by atoms with E-state index in [4.69, 9.17) is 14.0 Å². The van der Waals surface area contributed by atoms with Crippen LogP contribution in [-0.4, -0.2) is 53.5 Å². The lowest BCUT2D eigenvalue weighted by Crippen LogP contribution is -2.49. The first-order chi connectivity index (χ1) is 13.6. The second-order valence-electron chi connectivity index (χ2n) is 9.92. The average Bonchev–Trinajstić information content (AvgIpc) is 2.99. The lowest BCUT2D eigenvalue weighted by molar-refractivity contribution is -0.125. The summed E-state index contributed by atoms with van der Waals surface area (Å²) in [6, 6.07) is 7.57. The van der Waals surface area contributed by atoms with E-state index in [0.717, 1.165) is 18.5 Å². The molecule has 2 aromatic rings. The molecule has 1 amide bonds. The van der Waals surface area contributed by atoms with Crippen molar-refractivity contribution in [1.29, 1.82) is 0 Å². The van der Waals surface area contributed by atoms with Gasteiger partial charge in [0.05, 0.1) is 23.3 Å². The van der Waals surface area contributed by atoms with Gasteiger partial charge in [0.2, 0.25) is 5.91 Å². The molecule has 1 aromatic heterocycles. The largest absolute Gasteiger partial charge is 0.473 e. The van der Waals surface area contributed by atoms with Gasteiger partial charge in [-0.05, 0) is 63.7 Å². The van der Waals surface area contributed by atoms with E-state index < -0.39 is 5.54 Å². The fraction of sp³-hybridized carbons (Fsp3) is 0.636. The summed E-state index contributed by atoms with van der Waals surface area (Å²) in [5.74, 6) is 1.56. The van der Waals surface area contributed by atoms with Crippen LogP contribution in [0, 0.1) is 17.8 Å². The molecule has 4 rings (SSSR count). The van der Waals surface area contributed by atoms with Gasteiger partial charge < -0.3 is 19.3 Å².